The fraction of sp³-hybridized carbons (Fsp3) is 0. The van der Waals surface area contributed by atoms with Gasteiger partial charge in [0, 0.05) is 0 Å². The van der Waals surface area contributed by atoms with Crippen molar-refractivity contribution in [3.8, 4) is 5.75 Å². The van der Waals surface area contributed by atoms with Crippen molar-refractivity contribution < 1.29 is 9.50 Å². The molecule has 0 aromatic heterocycles. The van der Waals surface area contributed by atoms with Gasteiger partial charge in [-0.3, -0.25) is 0 Å². The van der Waals surface area contributed by atoms with Crippen LogP contribution >= 0.6 is 28.6 Å². The number of phenolic OH excluding ortho intramolecular Hbond substituents is 1. The minimum absolute atomic E-state index is 0.0309. The summed E-state index contributed by atoms with van der Waals surface area (Å²) >= 11 is 6.76. The van der Waals surface area contributed by atoms with E-state index in [0.29, 0.717) is 0 Å². The van der Waals surface area contributed by atoms with Gasteiger partial charge >= 0.3 is 0 Å². The van der Waals surface area contributed by atoms with E-state index in [4.69, 9.17) is 5.11 Å². The van der Waals surface area contributed by atoms with Crippen molar-refractivity contribution in [2.24, 2.45) is 0 Å². The molecular weight excluding hydrogens is 219 g/mol. The molecule has 0 aliphatic heterocycles. The van der Waals surface area contributed by atoms with E-state index >= 15 is 0 Å². The molecule has 0 radical (unpaired) electrons. The molecule has 0 atom stereocenters. The minimum atomic E-state index is -0.428. The van der Waals surface area contributed by atoms with E-state index in [1.807, 2.05) is 0 Å². The van der Waals surface area contributed by atoms with E-state index in [-0.39, 0.29) is 15.1 Å². The number of thiol groups is 1. The smallest absolute Gasteiger partial charge is 0.138 e. The lowest BCUT2D eigenvalue weighted by Gasteiger charge is -1.99. The van der Waals surface area contributed by atoms with Gasteiger partial charge < -0.3 is 5.11 Å². The topological polar surface area (TPSA) is 20.2 Å². The molecule has 0 aliphatic rings. The summed E-state index contributed by atoms with van der Waals surface area (Å²) in [5, 5.41) is 8.95. The molecule has 0 spiro atoms. The molecule has 1 nitrogen and oxygen atoms in total. The highest BCUT2D eigenvalue weighted by Crippen LogP contribution is 2.31. The van der Waals surface area contributed by atoms with E-state index in [0.717, 1.165) is 0 Å². The summed E-state index contributed by atoms with van der Waals surface area (Å²) in [4.78, 5) is 0.222. The monoisotopic (exact) mass is 222 g/mol. The molecule has 0 fully saturated rings. The maximum absolute atomic E-state index is 12.6. The van der Waals surface area contributed by atoms with E-state index < -0.39 is 5.82 Å². The van der Waals surface area contributed by atoms with Crippen LogP contribution in [0.25, 0.3) is 0 Å². The van der Waals surface area contributed by atoms with Crippen LogP contribution in [0, 0.1) is 5.82 Å². The van der Waals surface area contributed by atoms with Gasteiger partial charge in [-0.25, -0.2) is 4.39 Å². The second-order valence-electron chi connectivity index (χ2n) is 1.73. The van der Waals surface area contributed by atoms with Crippen LogP contribution in [0.15, 0.2) is 21.5 Å². The summed E-state index contributed by atoms with van der Waals surface area (Å²) in [6.45, 7) is 0. The Morgan fingerprint density at radius 2 is 2.10 bits per heavy atom. The standard InChI is InChI=1S/C6H4BrFOS/c7-5-3(8)1-2-4(9)6(5)10/h1-2,9-10H. The van der Waals surface area contributed by atoms with Gasteiger partial charge in [-0.15, -0.1) is 12.6 Å². The second kappa shape index (κ2) is 2.80. The zero-order valence-corrected chi connectivity index (χ0v) is 7.29. The zero-order chi connectivity index (χ0) is 7.72. The van der Waals surface area contributed by atoms with Crippen molar-refractivity contribution in [2.45, 2.75) is 4.90 Å². The van der Waals surface area contributed by atoms with Gasteiger partial charge in [0.1, 0.15) is 11.6 Å². The molecule has 0 saturated carbocycles. The fourth-order valence-corrected chi connectivity index (χ4v) is 1.05. The summed E-state index contributed by atoms with van der Waals surface area (Å²) in [6, 6.07) is 2.42. The van der Waals surface area contributed by atoms with Gasteiger partial charge in [-0.1, -0.05) is 0 Å². The van der Waals surface area contributed by atoms with Crippen molar-refractivity contribution in [2.75, 3.05) is 0 Å². The molecule has 4 heteroatoms. The van der Waals surface area contributed by atoms with Crippen molar-refractivity contribution in [3.63, 3.8) is 0 Å². The number of hydrogen-bond donors (Lipinski definition) is 2. The normalized spacial score (nSPS) is 9.90. The molecule has 0 aliphatic carbocycles. The third-order valence-corrected chi connectivity index (χ3v) is 2.58. The minimum Gasteiger partial charge on any atom is -0.507 e. The van der Waals surface area contributed by atoms with E-state index in [9.17, 15) is 4.39 Å². The Morgan fingerprint density at radius 1 is 1.50 bits per heavy atom. The molecule has 0 amide bonds. The number of aromatic hydroxyl groups is 1. The van der Waals surface area contributed by atoms with Crippen LogP contribution in [0.2, 0.25) is 0 Å². The number of benzene rings is 1. The Bertz CT molecular complexity index is 237. The van der Waals surface area contributed by atoms with Crippen molar-refractivity contribution in [1.82, 2.24) is 0 Å². The Kier molecular flexibility index (Phi) is 2.21. The highest BCUT2D eigenvalue weighted by Gasteiger charge is 2.05. The SMILES string of the molecule is Oc1ccc(F)c(Br)c1S. The largest absolute Gasteiger partial charge is 0.507 e. The van der Waals surface area contributed by atoms with E-state index in [1.165, 1.54) is 12.1 Å². The number of halogens is 2. The first-order valence-corrected chi connectivity index (χ1v) is 3.73. The fourth-order valence-electron chi connectivity index (χ4n) is 0.530. The molecule has 1 N–H and O–H groups in total. The van der Waals surface area contributed by atoms with Crippen LogP contribution < -0.4 is 0 Å². The first-order chi connectivity index (χ1) is 4.63. The Morgan fingerprint density at radius 3 is 2.60 bits per heavy atom. The molecular formula is C6H4BrFOS. The second-order valence-corrected chi connectivity index (χ2v) is 2.97. The molecule has 1 aromatic carbocycles. The first kappa shape index (κ1) is 7.88. The summed E-state index contributed by atoms with van der Waals surface area (Å²) < 4.78 is 12.7. The van der Waals surface area contributed by atoms with Crippen molar-refractivity contribution in [1.29, 1.82) is 0 Å². The van der Waals surface area contributed by atoms with Gasteiger partial charge in [0.05, 0.1) is 9.37 Å². The van der Waals surface area contributed by atoms with Gasteiger partial charge in [0.25, 0.3) is 0 Å². The highest BCUT2D eigenvalue weighted by molar-refractivity contribution is 9.10. The maximum atomic E-state index is 12.6. The van der Waals surface area contributed by atoms with Crippen molar-refractivity contribution in [3.05, 3.63) is 22.4 Å². The molecule has 1 rings (SSSR count). The molecule has 0 saturated heterocycles. The average Bonchev–Trinajstić information content (AvgIpc) is 1.93. The lowest BCUT2D eigenvalue weighted by molar-refractivity contribution is 0.458. The Hall–Kier alpha value is -0.220. The Labute approximate surface area is 71.4 Å². The number of hydrogen-bond acceptors (Lipinski definition) is 2. The molecule has 10 heavy (non-hydrogen) atoms. The zero-order valence-electron chi connectivity index (χ0n) is 4.81. The predicted molar refractivity (Wildman–Crippen MR) is 43.0 cm³/mol. The van der Waals surface area contributed by atoms with Crippen LogP contribution in [-0.2, 0) is 0 Å². The number of rotatable bonds is 0. The summed E-state index contributed by atoms with van der Waals surface area (Å²) in [5.74, 6) is -0.459. The average molecular weight is 223 g/mol. The van der Waals surface area contributed by atoms with Crippen LogP contribution in [0.3, 0.4) is 0 Å². The third kappa shape index (κ3) is 1.27. The molecule has 0 heterocycles. The lowest BCUT2D eigenvalue weighted by Crippen LogP contribution is -1.78. The molecule has 0 bridgehead atoms. The maximum Gasteiger partial charge on any atom is 0.138 e. The Balaban J connectivity index is 3.34. The number of phenols is 1. The van der Waals surface area contributed by atoms with Crippen LogP contribution in [0.5, 0.6) is 5.75 Å². The van der Waals surface area contributed by atoms with E-state index in [2.05, 4.69) is 28.6 Å². The third-order valence-electron chi connectivity index (χ3n) is 1.05. The summed E-state index contributed by atoms with van der Waals surface area (Å²) in [7, 11) is 0. The first-order valence-electron chi connectivity index (χ1n) is 2.49. The van der Waals surface area contributed by atoms with Crippen molar-refractivity contribution >= 4 is 28.6 Å². The highest BCUT2D eigenvalue weighted by atomic mass is 79.9. The molecule has 0 unspecified atom stereocenters. The van der Waals surface area contributed by atoms with E-state index in [1.54, 1.807) is 0 Å². The summed E-state index contributed by atoms with van der Waals surface area (Å²) in [5.41, 5.74) is 0. The van der Waals surface area contributed by atoms with Crippen LogP contribution in [0.4, 0.5) is 4.39 Å². The van der Waals surface area contributed by atoms with Gasteiger partial charge in [-0.05, 0) is 28.1 Å². The van der Waals surface area contributed by atoms with Crippen LogP contribution in [0.1, 0.15) is 0 Å². The molecule has 54 valence electrons. The summed E-state index contributed by atoms with van der Waals surface area (Å²) in [6.07, 6.45) is 0. The lowest BCUT2D eigenvalue weighted by atomic mass is 10.3. The quantitative estimate of drug-likeness (QED) is 0.647. The van der Waals surface area contributed by atoms with Gasteiger partial charge in [0.15, 0.2) is 0 Å². The van der Waals surface area contributed by atoms with Gasteiger partial charge in [0.2, 0.25) is 0 Å². The van der Waals surface area contributed by atoms with Crippen LogP contribution in [-0.4, -0.2) is 5.11 Å². The van der Waals surface area contributed by atoms with Gasteiger partial charge in [-0.2, -0.15) is 0 Å². The predicted octanol–water partition coefficient (Wildman–Crippen LogP) is 2.58. The molecule has 1 aromatic rings.